The molecule has 8 nitrogen and oxygen atoms in total. The lowest BCUT2D eigenvalue weighted by molar-refractivity contribution is -0.146. The van der Waals surface area contributed by atoms with Crippen molar-refractivity contribution in [3.05, 3.63) is 47.8 Å². The van der Waals surface area contributed by atoms with E-state index in [9.17, 15) is 21.6 Å². The summed E-state index contributed by atoms with van der Waals surface area (Å²) in [5, 5.41) is 13.3. The molecule has 2 N–H and O–H groups in total. The Balaban J connectivity index is 1.79. The lowest BCUT2D eigenvalue weighted by Gasteiger charge is -2.09. The zero-order chi connectivity index (χ0) is 18.9. The van der Waals surface area contributed by atoms with Crippen LogP contribution in [0.25, 0.3) is 5.65 Å². The van der Waals surface area contributed by atoms with E-state index in [1.807, 2.05) is 0 Å². The van der Waals surface area contributed by atoms with Crippen LogP contribution < -0.4 is 10.0 Å². The van der Waals surface area contributed by atoms with Crippen molar-refractivity contribution in [3.8, 4) is 0 Å². The van der Waals surface area contributed by atoms with Crippen LogP contribution in [-0.2, 0) is 22.7 Å². The maximum Gasteiger partial charge on any atom is 0.453 e. The Bertz CT molecular complexity index is 1050. The largest absolute Gasteiger partial charge is 0.453 e. The summed E-state index contributed by atoms with van der Waals surface area (Å²) < 4.78 is 64.1. The van der Waals surface area contributed by atoms with E-state index >= 15 is 0 Å². The number of nitrogens with one attached hydrogen (secondary N) is 2. The summed E-state index contributed by atoms with van der Waals surface area (Å²) in [6, 6.07) is 9.41. The average molecular weight is 386 g/mol. The normalized spacial score (nSPS) is 12.3. The number of nitrogens with zero attached hydrogens (tertiary/aromatic N) is 4. The highest BCUT2D eigenvalue weighted by atomic mass is 32.2. The van der Waals surface area contributed by atoms with Crippen molar-refractivity contribution in [2.24, 2.45) is 0 Å². The summed E-state index contributed by atoms with van der Waals surface area (Å²) in [5.74, 6) is -1.03. The van der Waals surface area contributed by atoms with Crippen LogP contribution in [0.4, 0.5) is 24.7 Å². The van der Waals surface area contributed by atoms with Crippen LogP contribution >= 0.6 is 0 Å². The molecule has 3 rings (SSSR count). The van der Waals surface area contributed by atoms with Crippen LogP contribution in [0.2, 0.25) is 0 Å². The minimum atomic E-state index is -4.67. The number of sulfonamides is 1. The fraction of sp³-hybridized carbons (Fsp3) is 0.214. The molecule has 12 heteroatoms. The fourth-order valence-corrected chi connectivity index (χ4v) is 2.77. The maximum atomic E-state index is 12.9. The molecule has 0 saturated heterocycles. The van der Waals surface area contributed by atoms with E-state index in [1.165, 1.54) is 12.1 Å². The quantitative estimate of drug-likeness (QED) is 0.697. The Labute approximate surface area is 146 Å². The van der Waals surface area contributed by atoms with Crippen molar-refractivity contribution in [3.63, 3.8) is 0 Å². The number of hydrogen-bond acceptors (Lipinski definition) is 6. The number of aromatic nitrogens is 4. The Morgan fingerprint density at radius 1 is 1.15 bits per heavy atom. The van der Waals surface area contributed by atoms with Crippen molar-refractivity contribution in [1.29, 1.82) is 0 Å². The number of rotatable bonds is 5. The van der Waals surface area contributed by atoms with Crippen LogP contribution in [-0.4, -0.2) is 34.5 Å². The second-order valence-corrected chi connectivity index (χ2v) is 7.19. The van der Waals surface area contributed by atoms with Crippen LogP contribution in [0.3, 0.4) is 0 Å². The van der Waals surface area contributed by atoms with Gasteiger partial charge in [-0.1, -0.05) is 12.1 Å². The zero-order valence-corrected chi connectivity index (χ0v) is 14.1. The molecular weight excluding hydrogens is 373 g/mol. The zero-order valence-electron chi connectivity index (χ0n) is 13.3. The molecule has 0 aliphatic heterocycles. The summed E-state index contributed by atoms with van der Waals surface area (Å²) in [4.78, 5) is 0. The van der Waals surface area contributed by atoms with Crippen molar-refractivity contribution < 1.29 is 21.6 Å². The number of alkyl halides is 3. The Hall–Kier alpha value is -2.89. The SMILES string of the molecule is CS(=O)(=O)Nc1cccc(CNc2ccc3nnc(C(F)(F)F)n3n2)c1. The van der Waals surface area contributed by atoms with E-state index in [0.717, 1.165) is 6.26 Å². The standard InChI is InChI=1S/C14H13F3N6O2S/c1-26(24,25)22-10-4-2-3-9(7-10)8-18-11-5-6-12-19-20-13(14(15,16)17)23(12)21-11/h2-7,22H,8H2,1H3,(H,18,21). The highest BCUT2D eigenvalue weighted by Crippen LogP contribution is 2.27. The molecule has 0 aliphatic carbocycles. The third-order valence-electron chi connectivity index (χ3n) is 3.22. The number of anilines is 2. The van der Waals surface area contributed by atoms with Gasteiger partial charge in [0.2, 0.25) is 10.0 Å². The van der Waals surface area contributed by atoms with Crippen LogP contribution in [0.5, 0.6) is 0 Å². The van der Waals surface area contributed by atoms with Gasteiger partial charge in [0.05, 0.1) is 6.26 Å². The molecule has 0 bridgehead atoms. The van der Waals surface area contributed by atoms with E-state index < -0.39 is 22.0 Å². The van der Waals surface area contributed by atoms with Gasteiger partial charge in [-0.3, -0.25) is 4.72 Å². The summed E-state index contributed by atoms with van der Waals surface area (Å²) in [6.45, 7) is 0.223. The summed E-state index contributed by atoms with van der Waals surface area (Å²) in [6.07, 6.45) is -3.63. The maximum absolute atomic E-state index is 12.9. The second-order valence-electron chi connectivity index (χ2n) is 5.44. The highest BCUT2D eigenvalue weighted by molar-refractivity contribution is 7.92. The second kappa shape index (κ2) is 6.44. The van der Waals surface area contributed by atoms with E-state index in [4.69, 9.17) is 0 Å². The fourth-order valence-electron chi connectivity index (χ4n) is 2.21. The lowest BCUT2D eigenvalue weighted by atomic mass is 10.2. The summed E-state index contributed by atoms with van der Waals surface area (Å²) in [5.41, 5.74) is 1.07. The smallest absolute Gasteiger partial charge is 0.365 e. The van der Waals surface area contributed by atoms with Crippen LogP contribution in [0.15, 0.2) is 36.4 Å². The van der Waals surface area contributed by atoms with Crippen molar-refractivity contribution >= 4 is 27.2 Å². The molecule has 26 heavy (non-hydrogen) atoms. The molecule has 138 valence electrons. The molecule has 2 aromatic heterocycles. The first kappa shape index (κ1) is 17.9. The number of hydrogen-bond donors (Lipinski definition) is 2. The van der Waals surface area contributed by atoms with Gasteiger partial charge in [-0.05, 0) is 29.8 Å². The average Bonchev–Trinajstić information content (AvgIpc) is 2.95. The molecule has 1 aromatic carbocycles. The van der Waals surface area contributed by atoms with E-state index in [-0.39, 0.29) is 18.0 Å². The van der Waals surface area contributed by atoms with Crippen LogP contribution in [0.1, 0.15) is 11.4 Å². The van der Waals surface area contributed by atoms with Gasteiger partial charge in [0.15, 0.2) is 5.65 Å². The first-order chi connectivity index (χ1) is 12.1. The number of fused-ring (bicyclic) bond motifs is 1. The van der Waals surface area contributed by atoms with Crippen LogP contribution in [0, 0.1) is 0 Å². The van der Waals surface area contributed by atoms with Gasteiger partial charge in [0.25, 0.3) is 5.82 Å². The molecule has 0 amide bonds. The van der Waals surface area contributed by atoms with E-state index in [0.29, 0.717) is 15.8 Å². The minimum Gasteiger partial charge on any atom is -0.365 e. The Morgan fingerprint density at radius 2 is 1.92 bits per heavy atom. The molecule has 0 spiro atoms. The highest BCUT2D eigenvalue weighted by Gasteiger charge is 2.37. The lowest BCUT2D eigenvalue weighted by Crippen LogP contribution is -2.13. The molecule has 2 heterocycles. The molecule has 0 radical (unpaired) electrons. The van der Waals surface area contributed by atoms with Gasteiger partial charge in [-0.25, -0.2) is 8.42 Å². The van der Waals surface area contributed by atoms with Crippen molar-refractivity contribution in [2.75, 3.05) is 16.3 Å². The molecule has 0 saturated carbocycles. The Morgan fingerprint density at radius 3 is 2.62 bits per heavy atom. The predicted octanol–water partition coefficient (Wildman–Crippen LogP) is 2.13. The number of halogens is 3. The molecule has 0 fully saturated rings. The number of benzene rings is 1. The van der Waals surface area contributed by atoms with Gasteiger partial charge in [-0.15, -0.1) is 15.3 Å². The van der Waals surface area contributed by atoms with Gasteiger partial charge < -0.3 is 5.32 Å². The minimum absolute atomic E-state index is 0.0257. The third-order valence-corrected chi connectivity index (χ3v) is 3.83. The molecule has 0 aliphatic rings. The first-order valence-electron chi connectivity index (χ1n) is 7.22. The van der Waals surface area contributed by atoms with E-state index in [1.54, 1.807) is 24.3 Å². The van der Waals surface area contributed by atoms with Gasteiger partial charge in [0, 0.05) is 12.2 Å². The molecule has 0 unspecified atom stereocenters. The molecule has 0 atom stereocenters. The Kier molecular flexibility index (Phi) is 4.44. The molecular formula is C14H13F3N6O2S. The topological polar surface area (TPSA) is 101 Å². The monoisotopic (exact) mass is 386 g/mol. The van der Waals surface area contributed by atoms with Gasteiger partial charge in [0.1, 0.15) is 5.82 Å². The van der Waals surface area contributed by atoms with Crippen molar-refractivity contribution in [1.82, 2.24) is 19.8 Å². The molecule has 3 aromatic rings. The summed E-state index contributed by atoms with van der Waals surface area (Å²) >= 11 is 0. The third kappa shape index (κ3) is 4.20. The predicted molar refractivity (Wildman–Crippen MR) is 88.0 cm³/mol. The van der Waals surface area contributed by atoms with Gasteiger partial charge >= 0.3 is 6.18 Å². The summed E-state index contributed by atoms with van der Waals surface area (Å²) in [7, 11) is -3.40. The first-order valence-corrected chi connectivity index (χ1v) is 9.11. The van der Waals surface area contributed by atoms with Crippen molar-refractivity contribution in [2.45, 2.75) is 12.7 Å². The van der Waals surface area contributed by atoms with E-state index in [2.05, 4.69) is 25.3 Å². The van der Waals surface area contributed by atoms with Gasteiger partial charge in [-0.2, -0.15) is 17.7 Å².